The molecular weight excluding hydrogens is 466 g/mol. The van der Waals surface area contributed by atoms with Crippen LogP contribution in [0.1, 0.15) is 34.3 Å². The maximum atomic E-state index is 13.7. The fraction of sp³-hybridized carbons (Fsp3) is 0.346. The first kappa shape index (κ1) is 23.3. The summed E-state index contributed by atoms with van der Waals surface area (Å²) < 4.78 is 25.7. The summed E-state index contributed by atoms with van der Waals surface area (Å²) in [5.41, 5.74) is 2.96. The van der Waals surface area contributed by atoms with E-state index in [2.05, 4.69) is 0 Å². The van der Waals surface area contributed by atoms with Gasteiger partial charge in [0.15, 0.2) is 15.6 Å². The number of carbonyl (C=O) groups is 2. The monoisotopic (exact) mass is 493 g/mol. The molecule has 1 amide bonds. The van der Waals surface area contributed by atoms with Crippen LogP contribution in [0.2, 0.25) is 0 Å². The Morgan fingerprint density at radius 2 is 1.77 bits per heavy atom. The Bertz CT molecular complexity index is 1430. The Hall–Kier alpha value is -3.46. The molecule has 0 unspecified atom stereocenters. The molecule has 1 fully saturated rings. The summed E-state index contributed by atoms with van der Waals surface area (Å²) in [5, 5.41) is 10.0. The van der Waals surface area contributed by atoms with E-state index in [1.807, 2.05) is 42.2 Å². The number of amides is 1. The summed E-state index contributed by atoms with van der Waals surface area (Å²) in [6, 6.07) is 14.6. The first-order valence-electron chi connectivity index (χ1n) is 11.7. The Balaban J connectivity index is 1.54. The number of nitrogens with zero attached hydrogens (tertiary/aromatic N) is 3. The molecule has 3 aromatic rings. The summed E-state index contributed by atoms with van der Waals surface area (Å²) in [7, 11) is -3.41. The molecule has 0 saturated carbocycles. The van der Waals surface area contributed by atoms with Crippen LogP contribution < -0.4 is 4.90 Å². The smallest absolute Gasteiger partial charge is 0.407 e. The topological polar surface area (TPSA) is 108 Å². The van der Waals surface area contributed by atoms with Crippen LogP contribution in [0.3, 0.4) is 0 Å². The van der Waals surface area contributed by atoms with Gasteiger partial charge in [-0.1, -0.05) is 29.8 Å². The molecule has 0 radical (unpaired) electrons. The van der Waals surface area contributed by atoms with Crippen molar-refractivity contribution < 1.29 is 23.1 Å². The maximum absolute atomic E-state index is 13.7. The summed E-state index contributed by atoms with van der Waals surface area (Å²) >= 11 is 0. The quantitative estimate of drug-likeness (QED) is 0.551. The molecule has 9 heteroatoms. The van der Waals surface area contributed by atoms with E-state index in [1.54, 1.807) is 18.2 Å². The van der Waals surface area contributed by atoms with Gasteiger partial charge in [0.05, 0.1) is 16.2 Å². The van der Waals surface area contributed by atoms with Gasteiger partial charge in [0.1, 0.15) is 5.82 Å². The molecule has 1 N–H and O–H groups in total. The number of aromatic nitrogens is 1. The van der Waals surface area contributed by atoms with Gasteiger partial charge in [-0.3, -0.25) is 4.79 Å². The molecule has 0 spiro atoms. The van der Waals surface area contributed by atoms with Crippen molar-refractivity contribution in [1.29, 1.82) is 0 Å². The molecule has 8 nitrogen and oxygen atoms in total. The molecule has 0 aliphatic carbocycles. The lowest BCUT2D eigenvalue weighted by Crippen LogP contribution is -2.39. The average Bonchev–Trinajstić information content (AvgIpc) is 2.99. The van der Waals surface area contributed by atoms with E-state index in [0.717, 1.165) is 10.9 Å². The fourth-order valence-electron chi connectivity index (χ4n) is 5.00. The van der Waals surface area contributed by atoms with Gasteiger partial charge in [0.2, 0.25) is 0 Å². The summed E-state index contributed by atoms with van der Waals surface area (Å²) in [5.74, 6) is 0.251. The van der Waals surface area contributed by atoms with Crippen molar-refractivity contribution in [3.63, 3.8) is 0 Å². The van der Waals surface area contributed by atoms with Crippen molar-refractivity contribution in [3.05, 3.63) is 65.2 Å². The lowest BCUT2D eigenvalue weighted by atomic mass is 9.87. The van der Waals surface area contributed by atoms with Gasteiger partial charge in [-0.2, -0.15) is 0 Å². The number of benzene rings is 2. The first-order chi connectivity index (χ1) is 16.7. The van der Waals surface area contributed by atoms with E-state index in [1.165, 1.54) is 4.90 Å². The van der Waals surface area contributed by atoms with Gasteiger partial charge >= 0.3 is 6.09 Å². The van der Waals surface area contributed by atoms with E-state index in [9.17, 15) is 23.1 Å². The number of rotatable bonds is 3. The molecule has 1 saturated heterocycles. The van der Waals surface area contributed by atoms with Crippen molar-refractivity contribution >= 4 is 38.4 Å². The summed E-state index contributed by atoms with van der Waals surface area (Å²) in [6.45, 7) is 3.28. The molecule has 0 atom stereocenters. The van der Waals surface area contributed by atoms with Crippen LogP contribution in [0.4, 0.5) is 10.6 Å². The number of carboxylic acid groups (broad SMARTS) is 1. The van der Waals surface area contributed by atoms with Crippen molar-refractivity contribution in [2.75, 3.05) is 30.3 Å². The van der Waals surface area contributed by atoms with Gasteiger partial charge in [-0.15, -0.1) is 0 Å². The molecule has 182 valence electrons. The number of hydrogen-bond acceptors (Lipinski definition) is 6. The Kier molecular flexibility index (Phi) is 5.96. The van der Waals surface area contributed by atoms with Gasteiger partial charge in [-0.05, 0) is 49.6 Å². The number of carbonyl (C=O) groups excluding carboxylic acids is 1. The number of sulfone groups is 1. The number of anilines is 1. The van der Waals surface area contributed by atoms with E-state index < -0.39 is 15.9 Å². The molecule has 2 aliphatic heterocycles. The van der Waals surface area contributed by atoms with Gasteiger partial charge in [0.25, 0.3) is 0 Å². The third-order valence-corrected chi connectivity index (χ3v) is 8.76. The second-order valence-electron chi connectivity index (χ2n) is 9.30. The number of Topliss-reactive ketones (excluding diaryl/α,β-unsaturated/α-hetero) is 1. The van der Waals surface area contributed by atoms with Crippen LogP contribution in [0.25, 0.3) is 10.9 Å². The van der Waals surface area contributed by atoms with E-state index >= 15 is 0 Å². The first-order valence-corrected chi connectivity index (χ1v) is 13.4. The molecular formula is C26H27N3O5S. The molecule has 1 aromatic heterocycles. The Labute approximate surface area is 204 Å². The molecule has 3 heterocycles. The number of hydrogen-bond donors (Lipinski definition) is 1. The van der Waals surface area contributed by atoms with Crippen LogP contribution in [0.15, 0.2) is 53.4 Å². The second-order valence-corrected chi connectivity index (χ2v) is 11.4. The number of aryl methyl sites for hydroxylation is 1. The van der Waals surface area contributed by atoms with Gasteiger partial charge < -0.3 is 14.9 Å². The van der Waals surface area contributed by atoms with Crippen molar-refractivity contribution in [1.82, 2.24) is 9.88 Å². The predicted octanol–water partition coefficient (Wildman–Crippen LogP) is 3.91. The number of likely N-dealkylation sites (tertiary alicyclic amines) is 1. The highest BCUT2D eigenvalue weighted by molar-refractivity contribution is 7.91. The zero-order valence-corrected chi connectivity index (χ0v) is 20.3. The zero-order valence-electron chi connectivity index (χ0n) is 19.5. The molecule has 0 bridgehead atoms. The van der Waals surface area contributed by atoms with Crippen LogP contribution in [0.5, 0.6) is 0 Å². The predicted molar refractivity (Wildman–Crippen MR) is 133 cm³/mol. The minimum atomic E-state index is -3.41. The van der Waals surface area contributed by atoms with Gasteiger partial charge in [-0.25, -0.2) is 18.2 Å². The Morgan fingerprint density at radius 3 is 2.51 bits per heavy atom. The second kappa shape index (κ2) is 8.96. The molecule has 2 aromatic carbocycles. The average molecular weight is 494 g/mol. The zero-order chi connectivity index (χ0) is 24.7. The number of fused-ring (bicyclic) bond motifs is 2. The SMILES string of the molecule is Cc1ccc2nc(N3CCS(=O)(=O)c4ccccc4C3)cc(C(=O)C3CCN(C(=O)O)CC3)c2c1. The van der Waals surface area contributed by atoms with Crippen LogP contribution >= 0.6 is 0 Å². The number of ketones is 1. The number of piperidine rings is 1. The van der Waals surface area contributed by atoms with Gasteiger partial charge in [0, 0.05) is 43.0 Å². The lowest BCUT2D eigenvalue weighted by molar-refractivity contribution is 0.0823. The minimum absolute atomic E-state index is 0.0165. The standard InChI is InChI=1S/C26H27N3O5S/c1-17-6-7-22-20(14-17)21(25(30)18-8-10-28(11-9-18)26(31)32)15-24(27-22)29-12-13-35(33,34)23-5-3-2-4-19(23)16-29/h2-7,14-15,18H,8-13,16H2,1H3,(H,31,32). The highest BCUT2D eigenvalue weighted by Crippen LogP contribution is 2.32. The van der Waals surface area contributed by atoms with Crippen molar-refractivity contribution in [2.45, 2.75) is 31.2 Å². The van der Waals surface area contributed by atoms with Crippen molar-refractivity contribution in [3.8, 4) is 0 Å². The van der Waals surface area contributed by atoms with Crippen molar-refractivity contribution in [2.24, 2.45) is 5.92 Å². The molecule has 35 heavy (non-hydrogen) atoms. The lowest BCUT2D eigenvalue weighted by Gasteiger charge is -2.29. The fourth-order valence-corrected chi connectivity index (χ4v) is 6.50. The summed E-state index contributed by atoms with van der Waals surface area (Å²) in [6.07, 6.45) is -0.00351. The highest BCUT2D eigenvalue weighted by atomic mass is 32.2. The molecule has 5 rings (SSSR count). The van der Waals surface area contributed by atoms with Crippen LogP contribution in [-0.4, -0.2) is 60.7 Å². The third-order valence-electron chi connectivity index (χ3n) is 6.98. The number of pyridine rings is 1. The van der Waals surface area contributed by atoms with E-state index in [4.69, 9.17) is 4.98 Å². The Morgan fingerprint density at radius 1 is 1.03 bits per heavy atom. The van der Waals surface area contributed by atoms with E-state index in [0.29, 0.717) is 59.8 Å². The van der Waals surface area contributed by atoms with E-state index in [-0.39, 0.29) is 24.0 Å². The summed E-state index contributed by atoms with van der Waals surface area (Å²) in [4.78, 5) is 33.4. The minimum Gasteiger partial charge on any atom is -0.465 e. The van der Waals surface area contributed by atoms with Crippen LogP contribution in [-0.2, 0) is 16.4 Å². The highest BCUT2D eigenvalue weighted by Gasteiger charge is 2.30. The normalized spacial score (nSPS) is 18.2. The third kappa shape index (κ3) is 4.48. The maximum Gasteiger partial charge on any atom is 0.407 e. The largest absolute Gasteiger partial charge is 0.465 e. The molecule has 2 aliphatic rings. The van der Waals surface area contributed by atoms with Crippen LogP contribution in [0, 0.1) is 12.8 Å².